The Hall–Kier alpha value is -3.74. The summed E-state index contributed by atoms with van der Waals surface area (Å²) in [5.41, 5.74) is 3.67. The topological polar surface area (TPSA) is 71.4 Å². The highest BCUT2D eigenvalue weighted by Crippen LogP contribution is 2.34. The van der Waals surface area contributed by atoms with Crippen molar-refractivity contribution in [3.8, 4) is 5.69 Å². The van der Waals surface area contributed by atoms with Gasteiger partial charge in [0.1, 0.15) is 5.82 Å². The number of halogens is 1. The second-order valence-electron chi connectivity index (χ2n) is 7.91. The molecule has 31 heavy (non-hydrogen) atoms. The first-order valence-corrected chi connectivity index (χ1v) is 10.2. The van der Waals surface area contributed by atoms with Crippen LogP contribution in [0.15, 0.2) is 65.6 Å². The van der Waals surface area contributed by atoms with Gasteiger partial charge in [0.05, 0.1) is 5.92 Å². The third-order valence-corrected chi connectivity index (χ3v) is 5.96. The average molecular weight is 417 g/mol. The Morgan fingerprint density at radius 1 is 1.03 bits per heavy atom. The molecule has 1 unspecified atom stereocenters. The molecule has 2 aliphatic rings. The number of nitrogens with one attached hydrogen (secondary N) is 1. The Bertz CT molecular complexity index is 1250. The van der Waals surface area contributed by atoms with Crippen molar-refractivity contribution in [2.24, 2.45) is 0 Å². The molecular formula is C24H20FN3O3. The van der Waals surface area contributed by atoms with E-state index in [1.165, 1.54) is 16.7 Å². The maximum atomic E-state index is 13.4. The van der Waals surface area contributed by atoms with E-state index in [-0.39, 0.29) is 29.6 Å². The van der Waals surface area contributed by atoms with Crippen molar-refractivity contribution >= 4 is 17.5 Å². The maximum absolute atomic E-state index is 13.4. The Labute approximate surface area is 177 Å². The van der Waals surface area contributed by atoms with Gasteiger partial charge in [-0.25, -0.2) is 4.39 Å². The first kappa shape index (κ1) is 19.2. The van der Waals surface area contributed by atoms with Crippen molar-refractivity contribution < 1.29 is 14.0 Å². The molecule has 3 aromatic rings. The molecule has 1 aromatic heterocycles. The molecule has 0 aliphatic carbocycles. The fraction of sp³-hybridized carbons (Fsp3) is 0.208. The quantitative estimate of drug-likeness (QED) is 0.697. The smallest absolute Gasteiger partial charge is 0.255 e. The zero-order valence-corrected chi connectivity index (χ0v) is 16.7. The van der Waals surface area contributed by atoms with Gasteiger partial charge in [0, 0.05) is 43.1 Å². The molecule has 5 rings (SSSR count). The van der Waals surface area contributed by atoms with Crippen LogP contribution in [0, 0.1) is 5.82 Å². The molecule has 0 radical (unpaired) electrons. The van der Waals surface area contributed by atoms with E-state index in [0.29, 0.717) is 30.9 Å². The third-order valence-electron chi connectivity index (χ3n) is 5.96. The van der Waals surface area contributed by atoms with Crippen LogP contribution >= 0.6 is 0 Å². The van der Waals surface area contributed by atoms with Crippen LogP contribution in [0.2, 0.25) is 0 Å². The summed E-state index contributed by atoms with van der Waals surface area (Å²) in [4.78, 5) is 39.8. The number of para-hydroxylation sites is 1. The van der Waals surface area contributed by atoms with Crippen molar-refractivity contribution in [3.63, 3.8) is 0 Å². The predicted molar refractivity (Wildman–Crippen MR) is 114 cm³/mol. The van der Waals surface area contributed by atoms with E-state index < -0.39 is 5.92 Å². The summed E-state index contributed by atoms with van der Waals surface area (Å²) in [6, 6.07) is 14.7. The summed E-state index contributed by atoms with van der Waals surface area (Å²) in [5, 5.41) is 2.82. The van der Waals surface area contributed by atoms with E-state index in [2.05, 4.69) is 5.32 Å². The lowest BCUT2D eigenvalue weighted by Gasteiger charge is -2.34. The van der Waals surface area contributed by atoms with Crippen LogP contribution in [0.4, 0.5) is 10.1 Å². The average Bonchev–Trinajstić information content (AvgIpc) is 2.78. The minimum atomic E-state index is -0.519. The highest BCUT2D eigenvalue weighted by molar-refractivity contribution is 6.01. The fourth-order valence-electron chi connectivity index (χ4n) is 4.37. The van der Waals surface area contributed by atoms with Crippen molar-refractivity contribution in [3.05, 3.63) is 93.7 Å². The zero-order valence-electron chi connectivity index (χ0n) is 16.7. The monoisotopic (exact) mass is 417 g/mol. The fourth-order valence-corrected chi connectivity index (χ4v) is 4.37. The van der Waals surface area contributed by atoms with Gasteiger partial charge in [-0.15, -0.1) is 0 Å². The molecule has 3 heterocycles. The number of hydrogen-bond acceptors (Lipinski definition) is 3. The summed E-state index contributed by atoms with van der Waals surface area (Å²) in [5.74, 6) is -1.15. The lowest BCUT2D eigenvalue weighted by Crippen LogP contribution is -2.42. The van der Waals surface area contributed by atoms with Crippen LogP contribution in [0.1, 0.15) is 29.0 Å². The number of nitrogens with zero attached hydrogens (tertiary/aromatic N) is 2. The SMILES string of the molecule is O=C1CC(C(=O)N2CCc3cc(=O)n(-c4ccc(F)cc4)cc3C2)c2ccccc2N1. The predicted octanol–water partition coefficient (Wildman–Crippen LogP) is 2.99. The van der Waals surface area contributed by atoms with Gasteiger partial charge in [-0.05, 0) is 53.4 Å². The number of fused-ring (bicyclic) bond motifs is 2. The van der Waals surface area contributed by atoms with Gasteiger partial charge in [0.25, 0.3) is 5.56 Å². The standard InChI is InChI=1S/C24H20FN3O3/c25-17-5-7-18(8-6-17)28-14-16-13-27(10-9-15(16)11-23(28)30)24(31)20-12-22(29)26-21-4-2-1-3-19(20)21/h1-8,11,14,20H,9-10,12-13H2,(H,26,29). The van der Waals surface area contributed by atoms with Crippen LogP contribution in [-0.2, 0) is 22.6 Å². The minimum absolute atomic E-state index is 0.0903. The molecule has 2 amide bonds. The molecule has 156 valence electrons. The molecule has 0 saturated heterocycles. The van der Waals surface area contributed by atoms with Crippen molar-refractivity contribution in [2.75, 3.05) is 11.9 Å². The van der Waals surface area contributed by atoms with Crippen molar-refractivity contribution in [2.45, 2.75) is 25.3 Å². The van der Waals surface area contributed by atoms with Gasteiger partial charge >= 0.3 is 0 Å². The number of hydrogen-bond donors (Lipinski definition) is 1. The number of carbonyl (C=O) groups excluding carboxylic acids is 2. The molecular weight excluding hydrogens is 397 g/mol. The van der Waals surface area contributed by atoms with Gasteiger partial charge in [0.15, 0.2) is 0 Å². The summed E-state index contributed by atoms with van der Waals surface area (Å²) in [6.45, 7) is 0.849. The summed E-state index contributed by atoms with van der Waals surface area (Å²) >= 11 is 0. The molecule has 0 bridgehead atoms. The van der Waals surface area contributed by atoms with Crippen LogP contribution in [0.5, 0.6) is 0 Å². The number of anilines is 1. The highest BCUT2D eigenvalue weighted by atomic mass is 19.1. The highest BCUT2D eigenvalue weighted by Gasteiger charge is 2.34. The first-order chi connectivity index (χ1) is 15.0. The normalized spacial score (nSPS) is 17.5. The van der Waals surface area contributed by atoms with Crippen LogP contribution in [0.25, 0.3) is 5.69 Å². The van der Waals surface area contributed by atoms with E-state index in [1.807, 2.05) is 18.2 Å². The second-order valence-corrected chi connectivity index (χ2v) is 7.91. The maximum Gasteiger partial charge on any atom is 0.255 e. The molecule has 0 fully saturated rings. The number of aromatic nitrogens is 1. The second kappa shape index (κ2) is 7.50. The van der Waals surface area contributed by atoms with E-state index in [9.17, 15) is 18.8 Å². The number of pyridine rings is 1. The Morgan fingerprint density at radius 3 is 2.61 bits per heavy atom. The van der Waals surface area contributed by atoms with Gasteiger partial charge in [-0.2, -0.15) is 0 Å². The van der Waals surface area contributed by atoms with Crippen LogP contribution in [-0.4, -0.2) is 27.8 Å². The summed E-state index contributed by atoms with van der Waals surface area (Å²) < 4.78 is 14.7. The van der Waals surface area contributed by atoms with E-state index >= 15 is 0 Å². The van der Waals surface area contributed by atoms with Crippen molar-refractivity contribution in [1.29, 1.82) is 0 Å². The third kappa shape index (κ3) is 3.52. The van der Waals surface area contributed by atoms with Gasteiger partial charge in [0.2, 0.25) is 11.8 Å². The van der Waals surface area contributed by atoms with Crippen LogP contribution < -0.4 is 10.9 Å². The summed E-state index contributed by atoms with van der Waals surface area (Å²) in [6.07, 6.45) is 2.42. The van der Waals surface area contributed by atoms with Gasteiger partial charge < -0.3 is 10.2 Å². The zero-order chi connectivity index (χ0) is 21.5. The van der Waals surface area contributed by atoms with E-state index in [4.69, 9.17) is 0 Å². The summed E-state index contributed by atoms with van der Waals surface area (Å²) in [7, 11) is 0. The van der Waals surface area contributed by atoms with Gasteiger partial charge in [-0.1, -0.05) is 18.2 Å². The first-order valence-electron chi connectivity index (χ1n) is 10.2. The van der Waals surface area contributed by atoms with Gasteiger partial charge in [-0.3, -0.25) is 19.0 Å². The molecule has 6 nitrogen and oxygen atoms in total. The molecule has 0 saturated carbocycles. The Balaban J connectivity index is 1.45. The molecule has 1 atom stereocenters. The lowest BCUT2D eigenvalue weighted by molar-refractivity contribution is -0.135. The molecule has 2 aromatic carbocycles. The molecule has 2 aliphatic heterocycles. The minimum Gasteiger partial charge on any atom is -0.337 e. The Morgan fingerprint density at radius 2 is 1.81 bits per heavy atom. The molecule has 1 N–H and O–H groups in total. The number of benzene rings is 2. The molecule has 7 heteroatoms. The Kier molecular flexibility index (Phi) is 4.66. The number of rotatable bonds is 2. The number of amides is 2. The van der Waals surface area contributed by atoms with E-state index in [0.717, 1.165) is 16.7 Å². The van der Waals surface area contributed by atoms with Crippen LogP contribution in [0.3, 0.4) is 0 Å². The molecule has 0 spiro atoms. The van der Waals surface area contributed by atoms with E-state index in [1.54, 1.807) is 35.4 Å². The lowest BCUT2D eigenvalue weighted by atomic mass is 9.88. The largest absolute Gasteiger partial charge is 0.337 e. The van der Waals surface area contributed by atoms with Crippen molar-refractivity contribution in [1.82, 2.24) is 9.47 Å². The number of carbonyl (C=O) groups is 2.